The molecule has 43 heavy (non-hydrogen) atoms. The highest BCUT2D eigenvalue weighted by atomic mass is 79.9. The van der Waals surface area contributed by atoms with Gasteiger partial charge < -0.3 is 19.9 Å². The number of halogens is 3. The van der Waals surface area contributed by atoms with Crippen molar-refractivity contribution >= 4 is 43.7 Å². The summed E-state index contributed by atoms with van der Waals surface area (Å²) in [7, 11) is 0. The van der Waals surface area contributed by atoms with Gasteiger partial charge in [0.05, 0.1) is 6.61 Å². The van der Waals surface area contributed by atoms with Crippen LogP contribution in [0.25, 0.3) is 0 Å². The van der Waals surface area contributed by atoms with Crippen LogP contribution >= 0.6 is 31.9 Å². The van der Waals surface area contributed by atoms with E-state index in [1.807, 2.05) is 72.8 Å². The van der Waals surface area contributed by atoms with Crippen LogP contribution in [0.5, 0.6) is 5.75 Å². The van der Waals surface area contributed by atoms with Gasteiger partial charge >= 0.3 is 0 Å². The third-order valence-corrected chi connectivity index (χ3v) is 8.74. The molecular weight excluding hydrogens is 679 g/mol. The van der Waals surface area contributed by atoms with Crippen LogP contribution in [0.1, 0.15) is 34.8 Å². The summed E-state index contributed by atoms with van der Waals surface area (Å²) < 4.78 is 27.4. The quantitative estimate of drug-likeness (QED) is 0.156. The summed E-state index contributed by atoms with van der Waals surface area (Å²) >= 11 is 7.33. The fourth-order valence-electron chi connectivity index (χ4n) is 5.00. The molecule has 0 spiro atoms. The van der Waals surface area contributed by atoms with E-state index in [4.69, 9.17) is 19.6 Å². The molecule has 0 radical (unpaired) electrons. The van der Waals surface area contributed by atoms with Gasteiger partial charge in [-0.2, -0.15) is 0 Å². The largest absolute Gasteiger partial charge is 0.494 e. The number of aliphatic imine (C=N–C) groups is 1. The smallest absolute Gasteiger partial charge is 0.252 e. The number of benzene rings is 4. The van der Waals surface area contributed by atoms with Crippen LogP contribution in [0.4, 0.5) is 4.39 Å². The van der Waals surface area contributed by atoms with Crippen molar-refractivity contribution in [1.29, 1.82) is 0 Å². The number of ether oxygens (including phenoxy) is 2. The minimum Gasteiger partial charge on any atom is -0.494 e. The minimum absolute atomic E-state index is 0.0603. The molecule has 2 atom stereocenters. The maximum atomic E-state index is 14.4. The maximum absolute atomic E-state index is 14.4. The van der Waals surface area contributed by atoms with E-state index < -0.39 is 11.6 Å². The average molecular weight is 710 g/mol. The molecule has 6 nitrogen and oxygen atoms in total. The van der Waals surface area contributed by atoms with Crippen molar-refractivity contribution in [3.63, 3.8) is 0 Å². The van der Waals surface area contributed by atoms with Gasteiger partial charge in [0.25, 0.3) is 5.91 Å². The molecular formula is C34H31Br2FN2O4. The highest BCUT2D eigenvalue weighted by Gasteiger charge is 2.54. The number of aliphatic hydroxyl groups excluding tert-OH is 1. The van der Waals surface area contributed by atoms with E-state index in [9.17, 15) is 9.18 Å². The fraction of sp³-hybridized carbons (Fsp3) is 0.235. The fourth-order valence-corrected chi connectivity index (χ4v) is 5.92. The molecule has 0 aliphatic carbocycles. The number of nitrogens with one attached hydrogen (secondary N) is 1. The van der Waals surface area contributed by atoms with Gasteiger partial charge in [-0.3, -0.25) is 4.79 Å². The number of hydrogen-bond acceptors (Lipinski definition) is 5. The second-order valence-electron chi connectivity index (χ2n) is 10.2. The lowest BCUT2D eigenvalue weighted by Crippen LogP contribution is -2.50. The van der Waals surface area contributed by atoms with Crippen molar-refractivity contribution in [3.05, 3.63) is 134 Å². The SMILES string of the molecule is O=C(NCCc1ccc(F)cc1)[C@]1(Cc2ccccc2Br)N=C(c2ccc(OCCCO)cc2)O[C@@H]1c1ccccc1Br. The summed E-state index contributed by atoms with van der Waals surface area (Å²) in [6.45, 7) is 0.810. The Morgan fingerprint density at radius 3 is 2.35 bits per heavy atom. The van der Waals surface area contributed by atoms with Crippen LogP contribution < -0.4 is 10.1 Å². The Kier molecular flexibility index (Phi) is 10.3. The van der Waals surface area contributed by atoms with E-state index in [0.29, 0.717) is 43.2 Å². The van der Waals surface area contributed by atoms with E-state index in [1.54, 1.807) is 12.1 Å². The minimum atomic E-state index is -1.35. The van der Waals surface area contributed by atoms with Crippen LogP contribution in [0.3, 0.4) is 0 Å². The van der Waals surface area contributed by atoms with E-state index in [2.05, 4.69) is 37.2 Å². The Labute approximate surface area is 267 Å². The molecule has 0 saturated carbocycles. The van der Waals surface area contributed by atoms with Crippen molar-refractivity contribution in [3.8, 4) is 5.75 Å². The van der Waals surface area contributed by atoms with Gasteiger partial charge in [0.2, 0.25) is 5.90 Å². The number of aliphatic hydroxyl groups is 1. The normalized spacial score (nSPS) is 17.7. The topological polar surface area (TPSA) is 80.2 Å². The zero-order valence-electron chi connectivity index (χ0n) is 23.3. The Hall–Kier alpha value is -3.53. The van der Waals surface area contributed by atoms with Crippen molar-refractivity contribution < 1.29 is 23.8 Å². The van der Waals surface area contributed by atoms with Crippen molar-refractivity contribution in [2.24, 2.45) is 4.99 Å². The molecule has 2 N–H and O–H groups in total. The first-order valence-corrected chi connectivity index (χ1v) is 15.6. The molecule has 5 rings (SSSR count). The summed E-state index contributed by atoms with van der Waals surface area (Å²) in [5.41, 5.74) is 1.99. The number of nitrogens with zero attached hydrogens (tertiary/aromatic N) is 1. The molecule has 222 valence electrons. The van der Waals surface area contributed by atoms with E-state index in [1.165, 1.54) is 12.1 Å². The third-order valence-electron chi connectivity index (χ3n) is 7.25. The Morgan fingerprint density at radius 1 is 0.953 bits per heavy atom. The molecule has 1 aliphatic heterocycles. The number of rotatable bonds is 12. The van der Waals surface area contributed by atoms with Crippen molar-refractivity contribution in [2.45, 2.75) is 30.9 Å². The van der Waals surface area contributed by atoms with Gasteiger partial charge in [0.1, 0.15) is 11.6 Å². The monoisotopic (exact) mass is 708 g/mol. The van der Waals surface area contributed by atoms with E-state index in [-0.39, 0.29) is 24.8 Å². The number of carbonyl (C=O) groups excluding carboxylic acids is 1. The lowest BCUT2D eigenvalue weighted by Gasteiger charge is -2.31. The van der Waals surface area contributed by atoms with Gasteiger partial charge in [0.15, 0.2) is 11.6 Å². The lowest BCUT2D eigenvalue weighted by atomic mass is 9.82. The molecule has 0 saturated heterocycles. The van der Waals surface area contributed by atoms with Gasteiger partial charge in [-0.1, -0.05) is 80.4 Å². The summed E-state index contributed by atoms with van der Waals surface area (Å²) in [6, 6.07) is 29.1. The number of hydrogen-bond donors (Lipinski definition) is 2. The average Bonchev–Trinajstić information content (AvgIpc) is 3.40. The highest BCUT2D eigenvalue weighted by Crippen LogP contribution is 2.45. The van der Waals surface area contributed by atoms with Crippen LogP contribution in [0, 0.1) is 5.82 Å². The predicted octanol–water partition coefficient (Wildman–Crippen LogP) is 6.97. The molecule has 4 aromatic carbocycles. The summed E-state index contributed by atoms with van der Waals surface area (Å²) in [6.07, 6.45) is 0.608. The molecule has 1 amide bonds. The summed E-state index contributed by atoms with van der Waals surface area (Å²) in [5.74, 6) is 0.441. The van der Waals surface area contributed by atoms with Crippen molar-refractivity contribution in [1.82, 2.24) is 5.32 Å². The first-order chi connectivity index (χ1) is 20.9. The van der Waals surface area contributed by atoms with E-state index in [0.717, 1.165) is 25.6 Å². The molecule has 0 unspecified atom stereocenters. The summed E-state index contributed by atoms with van der Waals surface area (Å²) in [5, 5.41) is 12.2. The summed E-state index contributed by atoms with van der Waals surface area (Å²) in [4.78, 5) is 19.5. The number of carbonyl (C=O) groups is 1. The zero-order valence-corrected chi connectivity index (χ0v) is 26.5. The highest BCUT2D eigenvalue weighted by molar-refractivity contribution is 9.10. The van der Waals surface area contributed by atoms with Gasteiger partial charge in [-0.25, -0.2) is 9.38 Å². The molecule has 0 bridgehead atoms. The van der Waals surface area contributed by atoms with Crippen molar-refractivity contribution in [2.75, 3.05) is 19.8 Å². The molecule has 1 aliphatic rings. The second-order valence-corrected chi connectivity index (χ2v) is 11.9. The van der Waals surface area contributed by atoms with Crippen LogP contribution in [-0.2, 0) is 22.4 Å². The van der Waals surface area contributed by atoms with E-state index >= 15 is 0 Å². The number of amides is 1. The van der Waals surface area contributed by atoms with Crippen LogP contribution in [0.15, 0.2) is 111 Å². The lowest BCUT2D eigenvalue weighted by molar-refractivity contribution is -0.128. The first-order valence-electron chi connectivity index (χ1n) is 14.0. The predicted molar refractivity (Wildman–Crippen MR) is 172 cm³/mol. The third kappa shape index (κ3) is 7.34. The standard InChI is InChI=1S/C34H31Br2FN2O4/c35-29-8-3-1-6-25(29)22-34(33(41)38-19-18-23-10-14-26(37)15-11-23)31(28-7-2-4-9-30(28)36)43-32(39-34)24-12-16-27(17-13-24)42-21-5-20-40/h1-4,6-17,31,40H,5,18-22H2,(H,38,41)/t31-,34-/m1/s1. The van der Waals surface area contributed by atoms with Gasteiger partial charge in [-0.15, -0.1) is 0 Å². The molecule has 1 heterocycles. The second kappa shape index (κ2) is 14.3. The first kappa shape index (κ1) is 30.9. The Morgan fingerprint density at radius 2 is 1.65 bits per heavy atom. The molecule has 0 fully saturated rings. The Balaban J connectivity index is 1.53. The molecule has 9 heteroatoms. The van der Waals surface area contributed by atoms with Crippen LogP contribution in [0.2, 0.25) is 0 Å². The molecule has 4 aromatic rings. The van der Waals surface area contributed by atoms with Gasteiger partial charge in [0, 0.05) is 46.1 Å². The van der Waals surface area contributed by atoms with Crippen LogP contribution in [-0.4, -0.2) is 42.2 Å². The van der Waals surface area contributed by atoms with Gasteiger partial charge in [-0.05, 0) is 66.1 Å². The zero-order chi connectivity index (χ0) is 30.2. The maximum Gasteiger partial charge on any atom is 0.252 e. The molecule has 0 aromatic heterocycles. The Bertz CT molecular complexity index is 1580.